The van der Waals surface area contributed by atoms with Gasteiger partial charge >= 0.3 is 5.69 Å². The van der Waals surface area contributed by atoms with Crippen LogP contribution in [0.5, 0.6) is 5.75 Å². The fourth-order valence-corrected chi connectivity index (χ4v) is 3.48. The maximum absolute atomic E-state index is 12.2. The Morgan fingerprint density at radius 2 is 1.84 bits per heavy atom. The summed E-state index contributed by atoms with van der Waals surface area (Å²) < 4.78 is 10.1. The van der Waals surface area contributed by atoms with E-state index in [1.54, 1.807) is 24.8 Å². The van der Waals surface area contributed by atoms with Gasteiger partial charge in [0.25, 0.3) is 0 Å². The van der Waals surface area contributed by atoms with Gasteiger partial charge in [0.05, 0.1) is 11.4 Å². The van der Waals surface area contributed by atoms with Crippen LogP contribution >= 0.6 is 0 Å². The normalized spacial score (nSPS) is 10.8. The number of hydrogen-bond acceptors (Lipinski definition) is 6. The molecule has 0 bridgehead atoms. The predicted molar refractivity (Wildman–Crippen MR) is 114 cm³/mol. The summed E-state index contributed by atoms with van der Waals surface area (Å²) in [6.45, 7) is 4.12. The lowest BCUT2D eigenvalue weighted by Crippen LogP contribution is -2.23. The molecule has 0 saturated heterocycles. The average Bonchev–Trinajstić information content (AvgIpc) is 3.25. The van der Waals surface area contributed by atoms with E-state index in [0.717, 1.165) is 33.7 Å². The molecule has 4 aromatic rings. The predicted octanol–water partition coefficient (Wildman–Crippen LogP) is 2.43. The third kappa shape index (κ3) is 3.59. The summed E-state index contributed by atoms with van der Waals surface area (Å²) >= 11 is 0. The van der Waals surface area contributed by atoms with Gasteiger partial charge in [0, 0.05) is 30.8 Å². The van der Waals surface area contributed by atoms with Crippen LogP contribution in [-0.2, 0) is 20.7 Å². The molecule has 0 N–H and O–H groups in total. The van der Waals surface area contributed by atoms with E-state index in [0.29, 0.717) is 11.4 Å². The molecule has 0 fully saturated rings. The Labute approximate surface area is 178 Å². The third-order valence-electron chi connectivity index (χ3n) is 5.16. The smallest absolute Gasteiger partial charge is 0.368 e. The minimum absolute atomic E-state index is 0.264. The molecule has 4 rings (SSSR count). The van der Waals surface area contributed by atoms with Crippen LogP contribution in [0.3, 0.4) is 0 Å². The Balaban J connectivity index is 1.59. The Bertz CT molecular complexity index is 1370. The van der Waals surface area contributed by atoms with Crippen LogP contribution in [0.25, 0.3) is 16.9 Å². The first-order chi connectivity index (χ1) is 14.9. The molecule has 0 aliphatic rings. The number of nitrogens with zero attached hydrogens (tertiary/aromatic N) is 7. The topological polar surface area (TPSA) is 104 Å². The van der Waals surface area contributed by atoms with E-state index in [9.17, 15) is 10.1 Å². The summed E-state index contributed by atoms with van der Waals surface area (Å²) in [6, 6.07) is 15.4. The zero-order chi connectivity index (χ0) is 22.1. The van der Waals surface area contributed by atoms with Crippen LogP contribution < -0.4 is 10.4 Å². The highest BCUT2D eigenvalue weighted by Crippen LogP contribution is 2.29. The SMILES string of the molecule is Cc1cc(-c2nn(C)c(C#N)c2C)ccc1OCc1ccccc1-n1nnn(C)c1=O. The van der Waals surface area contributed by atoms with Gasteiger partial charge < -0.3 is 4.74 Å². The quantitative estimate of drug-likeness (QED) is 0.496. The van der Waals surface area contributed by atoms with Crippen LogP contribution in [-0.4, -0.2) is 29.6 Å². The fourth-order valence-electron chi connectivity index (χ4n) is 3.48. The molecule has 0 unspecified atom stereocenters. The van der Waals surface area contributed by atoms with Crippen molar-refractivity contribution in [1.29, 1.82) is 5.26 Å². The Kier molecular flexibility index (Phi) is 5.13. The Hall–Kier alpha value is -4.19. The maximum atomic E-state index is 12.2. The molecule has 0 aliphatic carbocycles. The molecular weight excluding hydrogens is 394 g/mol. The zero-order valence-corrected chi connectivity index (χ0v) is 17.7. The lowest BCUT2D eigenvalue weighted by Gasteiger charge is -2.12. The molecule has 2 aromatic heterocycles. The molecule has 156 valence electrons. The van der Waals surface area contributed by atoms with Crippen LogP contribution in [0.4, 0.5) is 0 Å². The number of benzene rings is 2. The van der Waals surface area contributed by atoms with Crippen LogP contribution in [0.2, 0.25) is 0 Å². The number of para-hydroxylation sites is 1. The van der Waals surface area contributed by atoms with Crippen molar-refractivity contribution in [2.45, 2.75) is 20.5 Å². The van der Waals surface area contributed by atoms with E-state index < -0.39 is 0 Å². The average molecular weight is 415 g/mol. The first-order valence-corrected chi connectivity index (χ1v) is 9.65. The number of aromatic nitrogens is 6. The second-order valence-corrected chi connectivity index (χ2v) is 7.25. The maximum Gasteiger partial charge on any atom is 0.368 e. The van der Waals surface area contributed by atoms with Crippen LogP contribution in [0.1, 0.15) is 22.4 Å². The molecule has 0 radical (unpaired) electrons. The van der Waals surface area contributed by atoms with Crippen molar-refractivity contribution >= 4 is 0 Å². The first kappa shape index (κ1) is 20.1. The lowest BCUT2D eigenvalue weighted by molar-refractivity contribution is 0.303. The number of nitriles is 1. The highest BCUT2D eigenvalue weighted by atomic mass is 16.5. The van der Waals surface area contributed by atoms with Crippen molar-refractivity contribution < 1.29 is 4.74 Å². The van der Waals surface area contributed by atoms with Gasteiger partial charge in [0.15, 0.2) is 0 Å². The molecular formula is C22H21N7O2. The van der Waals surface area contributed by atoms with Crippen molar-refractivity contribution in [2.75, 3.05) is 0 Å². The molecule has 0 spiro atoms. The molecule has 0 atom stereocenters. The van der Waals surface area contributed by atoms with Gasteiger partial charge in [-0.25, -0.2) is 4.79 Å². The van der Waals surface area contributed by atoms with Crippen molar-refractivity contribution in [3.8, 4) is 28.8 Å². The Morgan fingerprint density at radius 3 is 2.48 bits per heavy atom. The summed E-state index contributed by atoms with van der Waals surface area (Å²) in [7, 11) is 3.32. The molecule has 9 heteroatoms. The number of tetrazole rings is 1. The van der Waals surface area contributed by atoms with Crippen LogP contribution in [0.15, 0.2) is 47.3 Å². The molecule has 2 heterocycles. The van der Waals surface area contributed by atoms with Crippen LogP contribution in [0, 0.1) is 25.2 Å². The van der Waals surface area contributed by atoms with E-state index in [2.05, 4.69) is 21.6 Å². The largest absolute Gasteiger partial charge is 0.489 e. The van der Waals surface area contributed by atoms with Gasteiger partial charge in [0.1, 0.15) is 24.1 Å². The lowest BCUT2D eigenvalue weighted by atomic mass is 10.0. The second-order valence-electron chi connectivity index (χ2n) is 7.25. The second kappa shape index (κ2) is 7.91. The van der Waals surface area contributed by atoms with Gasteiger partial charge in [-0.3, -0.25) is 4.68 Å². The monoisotopic (exact) mass is 415 g/mol. The van der Waals surface area contributed by atoms with E-state index in [4.69, 9.17) is 4.74 Å². The van der Waals surface area contributed by atoms with E-state index in [1.807, 2.05) is 50.2 Å². The summed E-state index contributed by atoms with van der Waals surface area (Å²) in [6.07, 6.45) is 0. The van der Waals surface area contributed by atoms with Gasteiger partial charge in [-0.05, 0) is 54.1 Å². The number of aryl methyl sites for hydroxylation is 3. The van der Waals surface area contributed by atoms with E-state index in [1.165, 1.54) is 9.36 Å². The van der Waals surface area contributed by atoms with Gasteiger partial charge in [-0.1, -0.05) is 18.2 Å². The number of hydrogen-bond donors (Lipinski definition) is 0. The summed E-state index contributed by atoms with van der Waals surface area (Å²) in [5.41, 5.74) is 5.15. The van der Waals surface area contributed by atoms with Crippen molar-refractivity contribution in [3.05, 3.63) is 75.3 Å². The Morgan fingerprint density at radius 1 is 1.06 bits per heavy atom. The summed E-state index contributed by atoms with van der Waals surface area (Å²) in [4.78, 5) is 12.2. The molecule has 2 aromatic carbocycles. The van der Waals surface area contributed by atoms with Gasteiger partial charge in [-0.15, -0.1) is 0 Å². The standard InChI is InChI=1S/C22H21N7O2/c1-14-11-16(21-15(2)19(12-23)27(3)24-21)9-10-20(14)31-13-17-7-5-6-8-18(17)29-22(30)28(4)25-26-29/h5-11H,13H2,1-4H3. The van der Waals surface area contributed by atoms with Crippen molar-refractivity contribution in [2.24, 2.45) is 14.1 Å². The minimum atomic E-state index is -0.324. The molecule has 9 nitrogen and oxygen atoms in total. The van der Waals surface area contributed by atoms with Crippen molar-refractivity contribution in [3.63, 3.8) is 0 Å². The number of ether oxygens (including phenoxy) is 1. The third-order valence-corrected chi connectivity index (χ3v) is 5.16. The zero-order valence-electron chi connectivity index (χ0n) is 17.7. The van der Waals surface area contributed by atoms with Crippen molar-refractivity contribution in [1.82, 2.24) is 29.6 Å². The highest BCUT2D eigenvalue weighted by Gasteiger charge is 2.15. The molecule has 31 heavy (non-hydrogen) atoms. The first-order valence-electron chi connectivity index (χ1n) is 9.65. The van der Waals surface area contributed by atoms with Gasteiger partial charge in [0.2, 0.25) is 0 Å². The number of rotatable bonds is 5. The summed E-state index contributed by atoms with van der Waals surface area (Å²) in [5.74, 6) is 0.721. The fraction of sp³-hybridized carbons (Fsp3) is 0.227. The molecule has 0 aliphatic heterocycles. The van der Waals surface area contributed by atoms with Gasteiger partial charge in [-0.2, -0.15) is 19.7 Å². The summed E-state index contributed by atoms with van der Waals surface area (Å²) in [5, 5.41) is 21.5. The molecule has 0 saturated carbocycles. The molecule has 0 amide bonds. The highest BCUT2D eigenvalue weighted by molar-refractivity contribution is 5.67. The van der Waals surface area contributed by atoms with E-state index >= 15 is 0 Å². The van der Waals surface area contributed by atoms with E-state index in [-0.39, 0.29) is 12.3 Å². The minimum Gasteiger partial charge on any atom is -0.489 e.